The van der Waals surface area contributed by atoms with Gasteiger partial charge in [-0.15, -0.1) is 0 Å². The van der Waals surface area contributed by atoms with Gasteiger partial charge in [0.25, 0.3) is 0 Å². The number of anilines is 1. The average molecular weight is 1040 g/mol. The summed E-state index contributed by atoms with van der Waals surface area (Å²) in [5.74, 6) is 2.38. The Bertz CT molecular complexity index is 2370. The molecule has 2 aromatic carbocycles. The monoisotopic (exact) mass is 1040 g/mol. The van der Waals surface area contributed by atoms with Crippen LogP contribution in [0, 0.1) is 21.0 Å². The fourth-order valence-corrected chi connectivity index (χ4v) is 10.1. The normalized spacial score (nSPS) is 24.2. The maximum absolute atomic E-state index is 17.6. The van der Waals surface area contributed by atoms with Gasteiger partial charge < -0.3 is 18.2 Å². The van der Waals surface area contributed by atoms with Crippen molar-refractivity contribution < 1.29 is 41.7 Å². The van der Waals surface area contributed by atoms with Crippen LogP contribution in [0.1, 0.15) is 58.4 Å². The van der Waals surface area contributed by atoms with Crippen LogP contribution in [0.5, 0.6) is 17.6 Å². The van der Waals surface area contributed by atoms with E-state index in [-0.39, 0.29) is 121 Å². The topological polar surface area (TPSA) is 112 Å². The minimum atomic E-state index is -0.965. The molecule has 0 spiro atoms. The van der Waals surface area contributed by atoms with Crippen LogP contribution in [-0.2, 0) is 23.0 Å². The number of rotatable bonds is 7. The summed E-state index contributed by atoms with van der Waals surface area (Å²) < 4.78 is 80.7. The first kappa shape index (κ1) is 43.7. The number of carbonyl (C=O) groups is 1. The van der Waals surface area contributed by atoms with E-state index < -0.39 is 41.1 Å². The Labute approximate surface area is 366 Å². The molecule has 1 amide bonds. The fourth-order valence-electron chi connectivity index (χ4n) is 9.56. The second-order valence-electron chi connectivity index (χ2n) is 16.5. The van der Waals surface area contributed by atoms with Crippen molar-refractivity contribution >= 4 is 82.7 Å². The van der Waals surface area contributed by atoms with E-state index >= 15 is 8.78 Å². The number of nitrogens with zero attached hydrogens (tertiary/aromatic N) is 6. The Morgan fingerprint density at radius 2 is 1.90 bits per heavy atom. The molecule has 0 saturated carbocycles. The molecule has 4 fully saturated rings. The van der Waals surface area contributed by atoms with Crippen molar-refractivity contribution in [2.75, 3.05) is 51.7 Å². The molecular formula is C41H46F3N6O6PSTl-. The van der Waals surface area contributed by atoms with Gasteiger partial charge in [0.05, 0.1) is 11.6 Å². The molecule has 0 aliphatic carbocycles. The van der Waals surface area contributed by atoms with E-state index in [0.29, 0.717) is 48.3 Å². The van der Waals surface area contributed by atoms with Crippen molar-refractivity contribution in [1.82, 2.24) is 24.8 Å². The van der Waals surface area contributed by atoms with Crippen LogP contribution in [0.2, 0.25) is 0 Å². The van der Waals surface area contributed by atoms with Crippen LogP contribution < -0.4 is 19.1 Å². The van der Waals surface area contributed by atoms with E-state index in [0.717, 1.165) is 25.8 Å². The second-order valence-corrected chi connectivity index (χ2v) is 17.6. The van der Waals surface area contributed by atoms with Crippen LogP contribution in [0.15, 0.2) is 24.3 Å². The van der Waals surface area contributed by atoms with Crippen molar-refractivity contribution in [3.8, 4) is 38.3 Å². The van der Waals surface area contributed by atoms with E-state index in [1.54, 1.807) is 18.2 Å². The van der Waals surface area contributed by atoms with Crippen LogP contribution >= 0.6 is 9.90 Å². The number of aromatic nitrogens is 3. The molecule has 12 nitrogen and oxygen atoms in total. The van der Waals surface area contributed by atoms with Gasteiger partial charge in [0.15, 0.2) is 0 Å². The third kappa shape index (κ3) is 7.76. The molecule has 1 unspecified atom stereocenters. The molecule has 18 heteroatoms. The predicted octanol–water partition coefficient (Wildman–Crippen LogP) is 5.68. The van der Waals surface area contributed by atoms with Crippen molar-refractivity contribution in [3.63, 3.8) is 0 Å². The molecule has 2 bridgehead atoms. The molecule has 2 aromatic heterocycles. The SMILES string of the molecule is COCOc1cc(-c2nc3c4c(nc(OC[C@]56CCCN5C[C@@H](F)C6)nc4c2F)N2C[C@@H]4CC[C@H]([C@@H]2CO3)N4C(=O)OC(C)(C)C)c2c(C#[C][Tl])c(F)ccc2c1.P.[SH-]. The zero-order valence-corrected chi connectivity index (χ0v) is 40.2. The van der Waals surface area contributed by atoms with Crippen molar-refractivity contribution in [2.45, 2.75) is 88.3 Å². The number of thiol groups is 1. The second kappa shape index (κ2) is 16.8. The van der Waals surface area contributed by atoms with E-state index in [2.05, 4.69) is 19.2 Å². The molecule has 6 atom stereocenters. The van der Waals surface area contributed by atoms with Gasteiger partial charge in [-0.2, -0.15) is 9.90 Å². The number of piperazine rings is 1. The number of ether oxygens (including phenoxy) is 5. The number of methoxy groups -OCH3 is 1. The number of amides is 1. The Balaban J connectivity index is 0.00000264. The van der Waals surface area contributed by atoms with Crippen LogP contribution in [-0.4, -0.2) is 139 Å². The first-order valence-corrected chi connectivity index (χ1v) is 21.6. The minimum Gasteiger partial charge on any atom is -0.813 e. The number of hydrogen-bond acceptors (Lipinski definition) is 12. The first-order chi connectivity index (χ1) is 27.4. The number of fused-ring (bicyclic) bond motifs is 7. The summed E-state index contributed by atoms with van der Waals surface area (Å²) in [5.41, 5.74) is -1.11. The molecule has 9 rings (SSSR count). The van der Waals surface area contributed by atoms with Crippen LogP contribution in [0.3, 0.4) is 0 Å². The number of pyridine rings is 1. The molecule has 0 radical (unpaired) electrons. The number of halogens is 3. The van der Waals surface area contributed by atoms with Gasteiger partial charge in [0, 0.05) is 13.0 Å². The summed E-state index contributed by atoms with van der Waals surface area (Å²) in [6.07, 6.45) is 2.11. The van der Waals surface area contributed by atoms with E-state index in [9.17, 15) is 9.18 Å². The molecule has 59 heavy (non-hydrogen) atoms. The summed E-state index contributed by atoms with van der Waals surface area (Å²) >= 11 is 0.263. The molecule has 7 heterocycles. The molecule has 4 aromatic rings. The summed E-state index contributed by atoms with van der Waals surface area (Å²) in [5, 5.41) is 1.17. The summed E-state index contributed by atoms with van der Waals surface area (Å²) in [4.78, 5) is 34.1. The minimum absolute atomic E-state index is 0. The van der Waals surface area contributed by atoms with Gasteiger partial charge >= 0.3 is 232 Å². The maximum atomic E-state index is 17.6. The smallest absolute Gasteiger partial charge is 0.153 e. The number of carbonyl (C=O) groups excluding carboxylic acids is 1. The Kier molecular flexibility index (Phi) is 12.5. The zero-order chi connectivity index (χ0) is 39.8. The number of hydrogen-bond donors (Lipinski definition) is 0. The van der Waals surface area contributed by atoms with Crippen molar-refractivity contribution in [1.29, 1.82) is 0 Å². The average Bonchev–Trinajstić information content (AvgIpc) is 3.78. The predicted molar refractivity (Wildman–Crippen MR) is 225 cm³/mol. The van der Waals surface area contributed by atoms with E-state index in [4.69, 9.17) is 38.6 Å². The molecule has 4 saturated heterocycles. The first-order valence-electron chi connectivity index (χ1n) is 19.3. The van der Waals surface area contributed by atoms with Gasteiger partial charge in [-0.3, -0.25) is 9.80 Å². The van der Waals surface area contributed by atoms with Gasteiger partial charge in [0.1, 0.15) is 11.8 Å². The van der Waals surface area contributed by atoms with Gasteiger partial charge in [-0.25, -0.2) is 9.18 Å². The summed E-state index contributed by atoms with van der Waals surface area (Å²) in [7, 11) is 1.49. The quantitative estimate of drug-likeness (QED) is 0.0568. The molecular weight excluding hydrogens is 997 g/mol. The number of benzene rings is 2. The Morgan fingerprint density at radius 3 is 2.66 bits per heavy atom. The third-order valence-electron chi connectivity index (χ3n) is 11.8. The zero-order valence-electron chi connectivity index (χ0n) is 33.4. The molecule has 5 aliphatic rings. The van der Waals surface area contributed by atoms with E-state index in [1.165, 1.54) is 13.2 Å². The number of alkyl halides is 1. The largest absolute Gasteiger partial charge is 0.813 e. The van der Waals surface area contributed by atoms with Crippen molar-refractivity contribution in [2.24, 2.45) is 0 Å². The molecule has 312 valence electrons. The summed E-state index contributed by atoms with van der Waals surface area (Å²) in [6, 6.07) is 5.26. The van der Waals surface area contributed by atoms with Crippen LogP contribution in [0.25, 0.3) is 32.9 Å². The van der Waals surface area contributed by atoms with Gasteiger partial charge in [0.2, 0.25) is 0 Å². The molecule has 0 N–H and O–H groups in total. The third-order valence-corrected chi connectivity index (χ3v) is 12.4. The Morgan fingerprint density at radius 1 is 1.08 bits per heavy atom. The molecule has 5 aliphatic heterocycles. The standard InChI is InChI=1S/C41H42F3N6O6.H3P.H2S.Tl/c1-6-26-28(43)10-8-22-14-25(55-21-52-5)15-27(31(22)26)34-33(44)35-32-36(47-38(46-35)54-20-41-12-7-13-48(41)17-23(42)16-41)49-18-24-9-11-29(30(49)19-53-37(32)45-34)50(24)39(51)56-40(2,3)4;;;/h8,10,14-15,23-24,29-30H,7,9,11-13,16-21H2,2-5H3;1H3;1H2;/p-1/t23-,24-,29+,30-,41+;;;/m0.../s1. The summed E-state index contributed by atoms with van der Waals surface area (Å²) in [6.45, 7) is 7.17. The van der Waals surface area contributed by atoms with Gasteiger partial charge in [-0.1, -0.05) is 0 Å². The maximum Gasteiger partial charge on any atom is -0.153 e. The Hall–Kier alpha value is -3.37. The fraction of sp³-hybridized carbons (Fsp3) is 0.512. The van der Waals surface area contributed by atoms with E-state index in [1.807, 2.05) is 25.7 Å². The van der Waals surface area contributed by atoms with Gasteiger partial charge in [-0.05, 0) is 53.0 Å². The van der Waals surface area contributed by atoms with Crippen LogP contribution in [0.4, 0.5) is 23.8 Å². The van der Waals surface area contributed by atoms with Crippen molar-refractivity contribution in [3.05, 3.63) is 41.5 Å².